The van der Waals surface area contributed by atoms with Crippen molar-refractivity contribution < 1.29 is 19.0 Å². The van der Waals surface area contributed by atoms with Crippen molar-refractivity contribution in [2.75, 3.05) is 13.7 Å². The van der Waals surface area contributed by atoms with E-state index in [1.165, 1.54) is 7.11 Å². The number of carbonyl (C=O) groups excluding carboxylic acids is 1. The Bertz CT molecular complexity index is 1150. The molecule has 3 rings (SSSR count). The van der Waals surface area contributed by atoms with E-state index in [4.69, 9.17) is 25.8 Å². The summed E-state index contributed by atoms with van der Waals surface area (Å²) >= 11 is 5.91. The fourth-order valence-electron chi connectivity index (χ4n) is 2.84. The van der Waals surface area contributed by atoms with E-state index in [-0.39, 0.29) is 12.4 Å². The van der Waals surface area contributed by atoms with Crippen LogP contribution in [0.15, 0.2) is 66.7 Å². The van der Waals surface area contributed by atoms with E-state index >= 15 is 0 Å². The zero-order valence-electron chi connectivity index (χ0n) is 17.1. The van der Waals surface area contributed by atoms with Gasteiger partial charge in [-0.05, 0) is 60.0 Å². The molecule has 0 spiro atoms. The van der Waals surface area contributed by atoms with Gasteiger partial charge >= 0.3 is 5.97 Å². The first-order valence-corrected chi connectivity index (χ1v) is 9.83. The van der Waals surface area contributed by atoms with Crippen molar-refractivity contribution in [1.82, 2.24) is 0 Å². The summed E-state index contributed by atoms with van der Waals surface area (Å²) in [6, 6.07) is 21.7. The molecule has 3 aromatic rings. The number of halogens is 1. The first-order chi connectivity index (χ1) is 15.0. The second-order valence-corrected chi connectivity index (χ2v) is 7.05. The highest BCUT2D eigenvalue weighted by Crippen LogP contribution is 2.30. The summed E-state index contributed by atoms with van der Waals surface area (Å²) < 4.78 is 16.3. The molecule has 5 nitrogen and oxygen atoms in total. The maximum Gasteiger partial charge on any atom is 0.349 e. The van der Waals surface area contributed by atoms with Crippen molar-refractivity contribution in [1.29, 1.82) is 5.26 Å². The fourth-order valence-corrected chi connectivity index (χ4v) is 2.97. The molecule has 0 aromatic heterocycles. The van der Waals surface area contributed by atoms with E-state index < -0.39 is 5.97 Å². The van der Waals surface area contributed by atoms with Crippen molar-refractivity contribution in [2.24, 2.45) is 0 Å². The molecule has 0 saturated heterocycles. The Labute approximate surface area is 186 Å². The summed E-state index contributed by atoms with van der Waals surface area (Å²) in [7, 11) is 1.48. The number of hydrogen-bond acceptors (Lipinski definition) is 5. The molecule has 31 heavy (non-hydrogen) atoms. The SMILES string of the molecule is COc1cc(/C=C(\C#N)c2ccc(Cl)cc2)ccc1OC(=O)COc1ccccc1C. The molecule has 156 valence electrons. The molecular formula is C25H20ClNO4. The normalized spacial score (nSPS) is 10.8. The smallest absolute Gasteiger partial charge is 0.349 e. The molecule has 0 atom stereocenters. The lowest BCUT2D eigenvalue weighted by Gasteiger charge is -2.11. The molecule has 3 aromatic carbocycles. The summed E-state index contributed by atoms with van der Waals surface area (Å²) in [5.74, 6) is 0.705. The Balaban J connectivity index is 1.73. The minimum atomic E-state index is -0.552. The molecular weight excluding hydrogens is 414 g/mol. The summed E-state index contributed by atoms with van der Waals surface area (Å²) in [5.41, 5.74) is 2.86. The van der Waals surface area contributed by atoms with Crippen LogP contribution in [0.5, 0.6) is 17.2 Å². The second kappa shape index (κ2) is 10.3. The topological polar surface area (TPSA) is 68.5 Å². The molecule has 0 N–H and O–H groups in total. The van der Waals surface area contributed by atoms with Crippen LogP contribution < -0.4 is 14.2 Å². The van der Waals surface area contributed by atoms with Crippen LogP contribution >= 0.6 is 11.6 Å². The van der Waals surface area contributed by atoms with Gasteiger partial charge in [0.15, 0.2) is 18.1 Å². The van der Waals surface area contributed by atoms with Gasteiger partial charge in [-0.2, -0.15) is 5.26 Å². The quantitative estimate of drug-likeness (QED) is 0.207. The Morgan fingerprint density at radius 2 is 1.77 bits per heavy atom. The van der Waals surface area contributed by atoms with E-state index in [0.717, 1.165) is 16.7 Å². The number of para-hydroxylation sites is 1. The lowest BCUT2D eigenvalue weighted by atomic mass is 10.0. The zero-order chi connectivity index (χ0) is 22.2. The summed E-state index contributed by atoms with van der Waals surface area (Å²) in [6.07, 6.45) is 1.72. The Hall–Kier alpha value is -3.75. The molecule has 6 heteroatoms. The van der Waals surface area contributed by atoms with E-state index in [1.54, 1.807) is 54.6 Å². The van der Waals surface area contributed by atoms with Gasteiger partial charge in [-0.25, -0.2) is 4.79 Å². The molecule has 0 aliphatic rings. The van der Waals surface area contributed by atoms with Crippen LogP contribution in [-0.2, 0) is 4.79 Å². The van der Waals surface area contributed by atoms with Crippen LogP contribution in [-0.4, -0.2) is 19.7 Å². The number of aryl methyl sites for hydroxylation is 1. The number of esters is 1. The van der Waals surface area contributed by atoms with Crippen molar-refractivity contribution in [3.63, 3.8) is 0 Å². The number of carbonyl (C=O) groups is 1. The Morgan fingerprint density at radius 1 is 1.03 bits per heavy atom. The standard InChI is InChI=1S/C25H20ClNO4/c1-17-5-3-4-6-22(17)30-16-25(28)31-23-12-7-18(14-24(23)29-2)13-20(15-27)19-8-10-21(26)11-9-19/h3-14H,16H2,1-2H3/b20-13+. The van der Waals surface area contributed by atoms with Gasteiger partial charge in [0.1, 0.15) is 5.75 Å². The third kappa shape index (κ3) is 5.88. The fraction of sp³-hybridized carbons (Fsp3) is 0.120. The lowest BCUT2D eigenvalue weighted by molar-refractivity contribution is -0.136. The van der Waals surface area contributed by atoms with Gasteiger partial charge in [0.05, 0.1) is 18.8 Å². The van der Waals surface area contributed by atoms with E-state index in [9.17, 15) is 10.1 Å². The lowest BCUT2D eigenvalue weighted by Crippen LogP contribution is -2.18. The van der Waals surface area contributed by atoms with Crippen LogP contribution in [0, 0.1) is 18.3 Å². The number of nitrogens with zero attached hydrogens (tertiary/aromatic N) is 1. The van der Waals surface area contributed by atoms with Crippen LogP contribution in [0.1, 0.15) is 16.7 Å². The van der Waals surface area contributed by atoms with E-state index in [0.29, 0.717) is 22.1 Å². The molecule has 0 fully saturated rings. The van der Waals surface area contributed by atoms with Crippen molar-refractivity contribution in [2.45, 2.75) is 6.92 Å². The maximum absolute atomic E-state index is 12.2. The molecule has 0 saturated carbocycles. The maximum atomic E-state index is 12.2. The van der Waals surface area contributed by atoms with Crippen molar-refractivity contribution in [3.05, 3.63) is 88.4 Å². The predicted molar refractivity (Wildman–Crippen MR) is 120 cm³/mol. The van der Waals surface area contributed by atoms with Gasteiger partial charge in [0.25, 0.3) is 0 Å². The zero-order valence-corrected chi connectivity index (χ0v) is 17.8. The Kier molecular flexibility index (Phi) is 7.31. The molecule has 0 unspecified atom stereocenters. The van der Waals surface area contributed by atoms with Crippen LogP contribution in [0.3, 0.4) is 0 Å². The molecule has 0 aliphatic carbocycles. The number of nitriles is 1. The first-order valence-electron chi connectivity index (χ1n) is 9.45. The van der Waals surface area contributed by atoms with Gasteiger partial charge in [0, 0.05) is 5.02 Å². The van der Waals surface area contributed by atoms with Gasteiger partial charge in [-0.15, -0.1) is 0 Å². The summed E-state index contributed by atoms with van der Waals surface area (Å²) in [5, 5.41) is 10.1. The number of benzene rings is 3. The summed E-state index contributed by atoms with van der Waals surface area (Å²) in [4.78, 5) is 12.2. The first kappa shape index (κ1) is 21.9. The monoisotopic (exact) mass is 433 g/mol. The average Bonchev–Trinajstić information content (AvgIpc) is 2.78. The van der Waals surface area contributed by atoms with Gasteiger partial charge in [-0.3, -0.25) is 0 Å². The number of rotatable bonds is 7. The van der Waals surface area contributed by atoms with Crippen molar-refractivity contribution >= 4 is 29.2 Å². The second-order valence-electron chi connectivity index (χ2n) is 6.62. The van der Waals surface area contributed by atoms with Crippen LogP contribution in [0.4, 0.5) is 0 Å². The minimum absolute atomic E-state index is 0.231. The third-order valence-electron chi connectivity index (χ3n) is 4.44. The molecule has 0 radical (unpaired) electrons. The number of hydrogen-bond donors (Lipinski definition) is 0. The van der Waals surface area contributed by atoms with Crippen LogP contribution in [0.25, 0.3) is 11.6 Å². The van der Waals surface area contributed by atoms with Crippen LogP contribution in [0.2, 0.25) is 5.02 Å². The molecule has 0 aliphatic heterocycles. The largest absolute Gasteiger partial charge is 0.493 e. The molecule has 0 amide bonds. The highest BCUT2D eigenvalue weighted by Gasteiger charge is 2.12. The minimum Gasteiger partial charge on any atom is -0.493 e. The van der Waals surface area contributed by atoms with Gasteiger partial charge in [-0.1, -0.05) is 48.0 Å². The number of allylic oxidation sites excluding steroid dienone is 1. The Morgan fingerprint density at radius 3 is 2.45 bits per heavy atom. The van der Waals surface area contributed by atoms with Gasteiger partial charge in [0.2, 0.25) is 0 Å². The number of methoxy groups -OCH3 is 1. The van der Waals surface area contributed by atoms with E-state index in [2.05, 4.69) is 6.07 Å². The molecule has 0 heterocycles. The number of ether oxygens (including phenoxy) is 3. The third-order valence-corrected chi connectivity index (χ3v) is 4.69. The highest BCUT2D eigenvalue weighted by atomic mass is 35.5. The predicted octanol–water partition coefficient (Wildman–Crippen LogP) is 5.71. The molecule has 0 bridgehead atoms. The van der Waals surface area contributed by atoms with Crippen molar-refractivity contribution in [3.8, 4) is 23.3 Å². The van der Waals surface area contributed by atoms with E-state index in [1.807, 2.05) is 25.1 Å². The highest BCUT2D eigenvalue weighted by molar-refractivity contribution is 6.30. The summed E-state index contributed by atoms with van der Waals surface area (Å²) in [6.45, 7) is 1.67. The average molecular weight is 434 g/mol. The van der Waals surface area contributed by atoms with Gasteiger partial charge < -0.3 is 14.2 Å².